The monoisotopic (exact) mass is 220 g/mol. The molecule has 0 N–H and O–H groups in total. The average molecular weight is 220 g/mol. The zero-order valence-corrected chi connectivity index (χ0v) is 9.10. The van der Waals surface area contributed by atoms with Gasteiger partial charge in [0.15, 0.2) is 0 Å². The van der Waals surface area contributed by atoms with Gasteiger partial charge in [-0.1, -0.05) is 0 Å². The molecule has 4 heteroatoms. The van der Waals surface area contributed by atoms with Crippen LogP contribution in [-0.2, 0) is 9.59 Å². The number of methoxy groups -OCH3 is 1. The van der Waals surface area contributed by atoms with Gasteiger partial charge in [-0.2, -0.15) is 0 Å². The van der Waals surface area contributed by atoms with E-state index < -0.39 is 5.97 Å². The number of aldehydes is 1. The van der Waals surface area contributed by atoms with Crippen LogP contribution < -0.4 is 9.47 Å². The van der Waals surface area contributed by atoms with Crippen molar-refractivity contribution in [1.29, 1.82) is 0 Å². The van der Waals surface area contributed by atoms with Gasteiger partial charge in [0.05, 0.1) is 7.11 Å². The summed E-state index contributed by atoms with van der Waals surface area (Å²) in [5.41, 5.74) is 0.868. The summed E-state index contributed by atoms with van der Waals surface area (Å²) in [6, 6.07) is 5.02. The predicted molar refractivity (Wildman–Crippen MR) is 58.6 cm³/mol. The van der Waals surface area contributed by atoms with Crippen LogP contribution in [0.15, 0.2) is 30.4 Å². The fourth-order valence-electron chi connectivity index (χ4n) is 1.18. The topological polar surface area (TPSA) is 52.6 Å². The number of esters is 1. The minimum absolute atomic E-state index is 0.416. The molecule has 1 aromatic rings. The molecule has 0 radical (unpaired) electrons. The number of hydrogen-bond acceptors (Lipinski definition) is 4. The fraction of sp³-hybridized carbons (Fsp3) is 0.167. The molecule has 1 rings (SSSR count). The van der Waals surface area contributed by atoms with Crippen molar-refractivity contribution in [2.45, 2.75) is 6.92 Å². The maximum atomic E-state index is 11.1. The Labute approximate surface area is 93.5 Å². The van der Waals surface area contributed by atoms with E-state index >= 15 is 0 Å². The smallest absolute Gasteiger partial charge is 0.336 e. The van der Waals surface area contributed by atoms with Crippen molar-refractivity contribution in [2.24, 2.45) is 0 Å². The molecule has 84 valence electrons. The Hall–Kier alpha value is -2.10. The highest BCUT2D eigenvalue weighted by molar-refractivity contribution is 5.88. The maximum Gasteiger partial charge on any atom is 0.336 e. The normalized spacial score (nSPS) is 10.1. The summed E-state index contributed by atoms with van der Waals surface area (Å²) in [5.74, 6) is 0.554. The van der Waals surface area contributed by atoms with E-state index in [0.717, 1.165) is 23.5 Å². The third-order valence-corrected chi connectivity index (χ3v) is 1.90. The molecule has 0 bridgehead atoms. The van der Waals surface area contributed by atoms with Crippen LogP contribution in [0.3, 0.4) is 0 Å². The number of carbonyl (C=O) groups is 2. The molecule has 0 saturated carbocycles. The SMILES string of the molecule is COc1ccc(OC(=O)C=CC=O)cc1C. The third kappa shape index (κ3) is 3.24. The third-order valence-electron chi connectivity index (χ3n) is 1.90. The van der Waals surface area contributed by atoms with E-state index in [9.17, 15) is 9.59 Å². The van der Waals surface area contributed by atoms with E-state index in [0.29, 0.717) is 12.0 Å². The fourth-order valence-corrected chi connectivity index (χ4v) is 1.18. The number of ether oxygens (including phenoxy) is 2. The van der Waals surface area contributed by atoms with Crippen LogP contribution in [0.4, 0.5) is 0 Å². The lowest BCUT2D eigenvalue weighted by molar-refractivity contribution is -0.129. The lowest BCUT2D eigenvalue weighted by Gasteiger charge is -2.06. The van der Waals surface area contributed by atoms with Crippen LogP contribution in [0.2, 0.25) is 0 Å². The molecule has 0 atom stereocenters. The number of benzene rings is 1. The van der Waals surface area contributed by atoms with E-state index in [4.69, 9.17) is 9.47 Å². The highest BCUT2D eigenvalue weighted by Gasteiger charge is 2.03. The summed E-state index contributed by atoms with van der Waals surface area (Å²) in [6.07, 6.45) is 2.66. The van der Waals surface area contributed by atoms with Gasteiger partial charge in [0.2, 0.25) is 0 Å². The van der Waals surface area contributed by atoms with Crippen LogP contribution in [0.1, 0.15) is 5.56 Å². The lowest BCUT2D eigenvalue weighted by atomic mass is 10.2. The molecule has 1 aromatic carbocycles. The largest absolute Gasteiger partial charge is 0.496 e. The molecule has 0 aliphatic rings. The molecule has 16 heavy (non-hydrogen) atoms. The molecule has 0 fully saturated rings. The van der Waals surface area contributed by atoms with Crippen molar-refractivity contribution in [1.82, 2.24) is 0 Å². The van der Waals surface area contributed by atoms with Crippen molar-refractivity contribution in [3.63, 3.8) is 0 Å². The minimum Gasteiger partial charge on any atom is -0.496 e. The molecular formula is C12H12O4. The number of rotatable bonds is 4. The summed E-state index contributed by atoms with van der Waals surface area (Å²) < 4.78 is 10.0. The van der Waals surface area contributed by atoms with E-state index in [1.807, 2.05) is 6.92 Å². The van der Waals surface area contributed by atoms with E-state index in [2.05, 4.69) is 0 Å². The van der Waals surface area contributed by atoms with E-state index in [1.54, 1.807) is 25.3 Å². The Morgan fingerprint density at radius 3 is 2.69 bits per heavy atom. The quantitative estimate of drug-likeness (QED) is 0.335. The van der Waals surface area contributed by atoms with Crippen LogP contribution >= 0.6 is 0 Å². The van der Waals surface area contributed by atoms with Crippen LogP contribution in [-0.4, -0.2) is 19.4 Å². The molecule has 0 heterocycles. The second kappa shape index (κ2) is 5.70. The first-order valence-corrected chi connectivity index (χ1v) is 4.65. The Morgan fingerprint density at radius 2 is 2.12 bits per heavy atom. The Kier molecular flexibility index (Phi) is 4.27. The van der Waals surface area contributed by atoms with Gasteiger partial charge in [-0.05, 0) is 36.8 Å². The molecule has 0 saturated heterocycles. The summed E-state index contributed by atoms with van der Waals surface area (Å²) in [7, 11) is 1.57. The van der Waals surface area contributed by atoms with Crippen molar-refractivity contribution < 1.29 is 19.1 Å². The molecule has 0 amide bonds. The number of aryl methyl sites for hydroxylation is 1. The van der Waals surface area contributed by atoms with Crippen LogP contribution in [0.25, 0.3) is 0 Å². The van der Waals surface area contributed by atoms with Crippen LogP contribution in [0, 0.1) is 6.92 Å². The average Bonchev–Trinajstić information content (AvgIpc) is 2.26. The lowest BCUT2D eigenvalue weighted by Crippen LogP contribution is -2.04. The van der Waals surface area contributed by atoms with E-state index in [-0.39, 0.29) is 0 Å². The maximum absolute atomic E-state index is 11.1. The molecule has 0 unspecified atom stereocenters. The molecule has 0 aliphatic carbocycles. The Balaban J connectivity index is 2.75. The molecule has 0 aromatic heterocycles. The van der Waals surface area contributed by atoms with Crippen molar-refractivity contribution >= 4 is 12.3 Å². The highest BCUT2D eigenvalue weighted by Crippen LogP contribution is 2.22. The molecule has 0 aliphatic heterocycles. The summed E-state index contributed by atoms with van der Waals surface area (Å²) in [6.45, 7) is 1.84. The van der Waals surface area contributed by atoms with Gasteiger partial charge in [0.25, 0.3) is 0 Å². The van der Waals surface area contributed by atoms with Crippen molar-refractivity contribution in [3.8, 4) is 11.5 Å². The number of hydrogen-bond donors (Lipinski definition) is 0. The summed E-state index contributed by atoms with van der Waals surface area (Å²) in [5, 5.41) is 0. The first-order chi connectivity index (χ1) is 7.67. The van der Waals surface area contributed by atoms with E-state index in [1.165, 1.54) is 0 Å². The summed E-state index contributed by atoms with van der Waals surface area (Å²) in [4.78, 5) is 21.1. The Bertz CT molecular complexity index is 421. The van der Waals surface area contributed by atoms with Gasteiger partial charge in [-0.15, -0.1) is 0 Å². The standard InChI is InChI=1S/C12H12O4/c1-9-8-10(5-6-11(9)15-2)16-12(14)4-3-7-13/h3-8H,1-2H3. The summed E-state index contributed by atoms with van der Waals surface area (Å²) >= 11 is 0. The van der Waals surface area contributed by atoms with Gasteiger partial charge in [-0.25, -0.2) is 4.79 Å². The molecular weight excluding hydrogens is 208 g/mol. The Morgan fingerprint density at radius 1 is 1.38 bits per heavy atom. The number of allylic oxidation sites excluding steroid dienone is 1. The van der Waals surface area contributed by atoms with Gasteiger partial charge >= 0.3 is 5.97 Å². The predicted octanol–water partition coefficient (Wildman–Crippen LogP) is 1.66. The van der Waals surface area contributed by atoms with Crippen molar-refractivity contribution in [2.75, 3.05) is 7.11 Å². The second-order valence-corrected chi connectivity index (χ2v) is 3.05. The van der Waals surface area contributed by atoms with Gasteiger partial charge < -0.3 is 9.47 Å². The second-order valence-electron chi connectivity index (χ2n) is 3.05. The number of carbonyl (C=O) groups excluding carboxylic acids is 2. The zero-order valence-electron chi connectivity index (χ0n) is 9.10. The highest BCUT2D eigenvalue weighted by atomic mass is 16.5. The van der Waals surface area contributed by atoms with Gasteiger partial charge in [0.1, 0.15) is 17.8 Å². The molecule has 4 nitrogen and oxygen atoms in total. The molecule has 0 spiro atoms. The zero-order chi connectivity index (χ0) is 12.0. The van der Waals surface area contributed by atoms with Crippen LogP contribution in [0.5, 0.6) is 11.5 Å². The van der Waals surface area contributed by atoms with Crippen molar-refractivity contribution in [3.05, 3.63) is 35.9 Å². The minimum atomic E-state index is -0.586. The first-order valence-electron chi connectivity index (χ1n) is 4.65. The van der Waals surface area contributed by atoms with Gasteiger partial charge in [-0.3, -0.25) is 4.79 Å². The first kappa shape index (κ1) is 12.0. The van der Waals surface area contributed by atoms with Gasteiger partial charge in [0, 0.05) is 6.08 Å².